The Morgan fingerprint density at radius 3 is 2.67 bits per heavy atom. The van der Waals surface area contributed by atoms with Gasteiger partial charge in [-0.3, -0.25) is 0 Å². The van der Waals surface area contributed by atoms with Gasteiger partial charge in [-0.25, -0.2) is 0 Å². The highest BCUT2D eigenvalue weighted by atomic mass is 79.9. The molecule has 0 saturated carbocycles. The molecular weight excluding hydrogens is 326 g/mol. The first kappa shape index (κ1) is 16.1. The van der Waals surface area contributed by atoms with Crippen LogP contribution in [0.4, 0.5) is 0 Å². The van der Waals surface area contributed by atoms with Gasteiger partial charge in [0.15, 0.2) is 0 Å². The number of hydrogen-bond acceptors (Lipinski definition) is 2. The largest absolute Gasteiger partial charge is 0.497 e. The molecule has 0 aliphatic rings. The van der Waals surface area contributed by atoms with E-state index in [1.807, 2.05) is 12.1 Å². The molecule has 0 bridgehead atoms. The Bertz CT molecular complexity index is 598. The molecule has 0 radical (unpaired) electrons. The van der Waals surface area contributed by atoms with Crippen molar-refractivity contribution in [3.63, 3.8) is 0 Å². The number of nitrogens with one attached hydrogen (secondary N) is 1. The van der Waals surface area contributed by atoms with E-state index in [-0.39, 0.29) is 6.04 Å². The molecule has 2 rings (SSSR count). The van der Waals surface area contributed by atoms with Gasteiger partial charge < -0.3 is 10.1 Å². The Hall–Kier alpha value is -1.32. The molecule has 0 aliphatic heterocycles. The predicted octanol–water partition coefficient (Wildman–Crippen LogP) is 4.86. The van der Waals surface area contributed by atoms with Crippen LogP contribution in [0.5, 0.6) is 5.75 Å². The van der Waals surface area contributed by atoms with E-state index in [2.05, 4.69) is 65.4 Å². The Balaban J connectivity index is 2.44. The minimum absolute atomic E-state index is 0.161. The molecule has 0 aliphatic carbocycles. The zero-order valence-corrected chi connectivity index (χ0v) is 14.4. The second kappa shape index (κ2) is 7.62. The van der Waals surface area contributed by atoms with Gasteiger partial charge >= 0.3 is 0 Å². The highest BCUT2D eigenvalue weighted by Crippen LogP contribution is 2.32. The van der Waals surface area contributed by atoms with E-state index in [1.54, 1.807) is 7.11 Å². The highest BCUT2D eigenvalue weighted by molar-refractivity contribution is 9.10. The van der Waals surface area contributed by atoms with Crippen LogP contribution in [0.2, 0.25) is 0 Å². The highest BCUT2D eigenvalue weighted by Gasteiger charge is 2.17. The van der Waals surface area contributed by atoms with Gasteiger partial charge in [0.1, 0.15) is 5.75 Å². The van der Waals surface area contributed by atoms with Gasteiger partial charge in [-0.1, -0.05) is 53.2 Å². The maximum atomic E-state index is 5.36. The lowest BCUT2D eigenvalue weighted by Gasteiger charge is -2.22. The summed E-state index contributed by atoms with van der Waals surface area (Å²) >= 11 is 3.73. The lowest BCUT2D eigenvalue weighted by molar-refractivity contribution is 0.413. The zero-order chi connectivity index (χ0) is 15.2. The standard InChI is InChI=1S/C18H22BrNO/c1-4-11-20-18(14-8-6-9-15(12-14)21-3)16-10-5-7-13(2)17(16)19/h5-10,12,18,20H,4,11H2,1-3H3. The normalized spacial score (nSPS) is 12.2. The number of halogens is 1. The molecule has 1 atom stereocenters. The van der Waals surface area contributed by atoms with Crippen LogP contribution in [-0.4, -0.2) is 13.7 Å². The van der Waals surface area contributed by atoms with Crippen molar-refractivity contribution in [2.24, 2.45) is 0 Å². The zero-order valence-electron chi connectivity index (χ0n) is 12.8. The Morgan fingerprint density at radius 2 is 1.95 bits per heavy atom. The van der Waals surface area contributed by atoms with Crippen LogP contribution in [0.1, 0.15) is 36.1 Å². The molecule has 2 aromatic carbocycles. The number of aryl methyl sites for hydroxylation is 1. The fourth-order valence-corrected chi connectivity index (χ4v) is 2.90. The number of ether oxygens (including phenoxy) is 1. The summed E-state index contributed by atoms with van der Waals surface area (Å²) < 4.78 is 6.53. The molecule has 112 valence electrons. The Labute approximate surface area is 135 Å². The molecule has 0 saturated heterocycles. The fraction of sp³-hybridized carbons (Fsp3) is 0.333. The maximum Gasteiger partial charge on any atom is 0.119 e. The van der Waals surface area contributed by atoms with Crippen LogP contribution < -0.4 is 10.1 Å². The predicted molar refractivity (Wildman–Crippen MR) is 92.0 cm³/mol. The van der Waals surface area contributed by atoms with Gasteiger partial charge in [0, 0.05) is 4.47 Å². The first-order valence-electron chi connectivity index (χ1n) is 7.29. The first-order chi connectivity index (χ1) is 10.2. The van der Waals surface area contributed by atoms with Crippen LogP contribution in [0.3, 0.4) is 0 Å². The summed E-state index contributed by atoms with van der Waals surface area (Å²) in [5, 5.41) is 3.64. The average Bonchev–Trinajstić information content (AvgIpc) is 2.52. The Morgan fingerprint density at radius 1 is 1.19 bits per heavy atom. The quantitative estimate of drug-likeness (QED) is 0.805. The third kappa shape index (κ3) is 3.86. The van der Waals surface area contributed by atoms with Gasteiger partial charge in [0.25, 0.3) is 0 Å². The smallest absolute Gasteiger partial charge is 0.119 e. The molecule has 0 aromatic heterocycles. The topological polar surface area (TPSA) is 21.3 Å². The minimum Gasteiger partial charge on any atom is -0.497 e. The van der Waals surface area contributed by atoms with Gasteiger partial charge in [0.05, 0.1) is 13.2 Å². The molecule has 0 heterocycles. The summed E-state index contributed by atoms with van der Waals surface area (Å²) in [4.78, 5) is 0. The van der Waals surface area contributed by atoms with Gasteiger partial charge in [0.2, 0.25) is 0 Å². The van der Waals surface area contributed by atoms with Crippen LogP contribution in [0, 0.1) is 6.92 Å². The van der Waals surface area contributed by atoms with Gasteiger partial charge in [-0.2, -0.15) is 0 Å². The number of rotatable bonds is 6. The van der Waals surface area contributed by atoms with Gasteiger partial charge in [-0.05, 0) is 48.7 Å². The average molecular weight is 348 g/mol. The van der Waals surface area contributed by atoms with E-state index in [1.165, 1.54) is 21.2 Å². The molecule has 2 nitrogen and oxygen atoms in total. The lowest BCUT2D eigenvalue weighted by Crippen LogP contribution is -2.23. The van der Waals surface area contributed by atoms with Crippen LogP contribution in [0.15, 0.2) is 46.9 Å². The van der Waals surface area contributed by atoms with Crippen molar-refractivity contribution in [3.05, 3.63) is 63.6 Å². The van der Waals surface area contributed by atoms with Gasteiger partial charge in [-0.15, -0.1) is 0 Å². The molecule has 0 spiro atoms. The second-order valence-corrected chi connectivity index (χ2v) is 5.93. The van der Waals surface area contributed by atoms with E-state index in [0.29, 0.717) is 0 Å². The summed E-state index contributed by atoms with van der Waals surface area (Å²) in [5.74, 6) is 0.888. The summed E-state index contributed by atoms with van der Waals surface area (Å²) in [5.41, 5.74) is 3.73. The molecule has 21 heavy (non-hydrogen) atoms. The molecule has 1 N–H and O–H groups in total. The van der Waals surface area contributed by atoms with Crippen molar-refractivity contribution < 1.29 is 4.74 Å². The summed E-state index contributed by atoms with van der Waals surface area (Å²) in [7, 11) is 1.70. The molecular formula is C18H22BrNO. The van der Waals surface area contributed by atoms with Crippen LogP contribution in [-0.2, 0) is 0 Å². The van der Waals surface area contributed by atoms with Crippen LogP contribution in [0.25, 0.3) is 0 Å². The SMILES string of the molecule is CCCNC(c1cccc(OC)c1)c1cccc(C)c1Br. The van der Waals surface area contributed by atoms with E-state index >= 15 is 0 Å². The van der Waals surface area contributed by atoms with Crippen molar-refractivity contribution in [2.45, 2.75) is 26.3 Å². The summed E-state index contributed by atoms with van der Waals surface area (Å²) in [6.07, 6.45) is 1.10. The van der Waals surface area contributed by atoms with Crippen molar-refractivity contribution in [3.8, 4) is 5.75 Å². The minimum atomic E-state index is 0.161. The fourth-order valence-electron chi connectivity index (χ4n) is 2.41. The first-order valence-corrected chi connectivity index (χ1v) is 8.09. The molecule has 2 aromatic rings. The molecule has 0 fully saturated rings. The van der Waals surface area contributed by atoms with E-state index in [0.717, 1.165) is 18.7 Å². The third-order valence-corrected chi connectivity index (χ3v) is 4.64. The maximum absolute atomic E-state index is 5.36. The number of benzene rings is 2. The van der Waals surface area contributed by atoms with E-state index < -0.39 is 0 Å². The van der Waals surface area contributed by atoms with E-state index in [9.17, 15) is 0 Å². The van der Waals surface area contributed by atoms with Crippen LogP contribution >= 0.6 is 15.9 Å². The van der Waals surface area contributed by atoms with Crippen molar-refractivity contribution in [2.75, 3.05) is 13.7 Å². The third-order valence-electron chi connectivity index (χ3n) is 3.56. The Kier molecular flexibility index (Phi) is 5.83. The van der Waals surface area contributed by atoms with Crippen molar-refractivity contribution in [1.82, 2.24) is 5.32 Å². The number of hydrogen-bond donors (Lipinski definition) is 1. The molecule has 0 amide bonds. The summed E-state index contributed by atoms with van der Waals surface area (Å²) in [6.45, 7) is 5.28. The lowest BCUT2D eigenvalue weighted by atomic mass is 9.97. The number of methoxy groups -OCH3 is 1. The van der Waals surface area contributed by atoms with Crippen molar-refractivity contribution in [1.29, 1.82) is 0 Å². The molecule has 1 unspecified atom stereocenters. The monoisotopic (exact) mass is 347 g/mol. The second-order valence-electron chi connectivity index (χ2n) is 5.14. The van der Waals surface area contributed by atoms with E-state index in [4.69, 9.17) is 4.74 Å². The molecule has 3 heteroatoms. The van der Waals surface area contributed by atoms with Crippen molar-refractivity contribution >= 4 is 15.9 Å². The summed E-state index contributed by atoms with van der Waals surface area (Å²) in [6, 6.07) is 14.8.